The Bertz CT molecular complexity index is 2530. The van der Waals surface area contributed by atoms with Crippen molar-refractivity contribution in [1.82, 2.24) is 34.9 Å². The molecule has 2 bridgehead atoms. The van der Waals surface area contributed by atoms with Gasteiger partial charge in [-0.25, -0.2) is 4.98 Å². The predicted octanol–water partition coefficient (Wildman–Crippen LogP) is 6.26. The Morgan fingerprint density at radius 2 is 1.66 bits per heavy atom. The van der Waals surface area contributed by atoms with Crippen LogP contribution in [-0.4, -0.2) is 104 Å². The van der Waals surface area contributed by atoms with Crippen LogP contribution in [-0.2, 0) is 52.2 Å². The second kappa shape index (κ2) is 19.6. The Morgan fingerprint density at radius 1 is 0.923 bits per heavy atom. The molecule has 8 rings (SSSR count). The molecule has 0 saturated carbocycles. The van der Waals surface area contributed by atoms with Gasteiger partial charge in [-0.15, -0.1) is 0 Å². The van der Waals surface area contributed by atoms with Crippen molar-refractivity contribution in [3.05, 3.63) is 136 Å². The van der Waals surface area contributed by atoms with E-state index in [0.717, 1.165) is 40.2 Å². The molecule has 14 heteroatoms. The minimum absolute atomic E-state index is 0.0303. The van der Waals surface area contributed by atoms with Crippen molar-refractivity contribution in [1.29, 1.82) is 0 Å². The molecule has 2 saturated heterocycles. The molecule has 1 unspecified atom stereocenters. The molecule has 3 N–H and O–H groups in total. The molecule has 340 valence electrons. The summed E-state index contributed by atoms with van der Waals surface area (Å²) in [7, 11) is 6.01. The highest BCUT2D eigenvalue weighted by Gasteiger charge is 2.45. The summed E-state index contributed by atoms with van der Waals surface area (Å²) in [6.07, 6.45) is 4.75. The Balaban J connectivity index is 1.12. The van der Waals surface area contributed by atoms with Crippen LogP contribution in [0.3, 0.4) is 0 Å². The number of aromatic nitrogens is 2. The average Bonchev–Trinajstić information content (AvgIpc) is 3.89. The zero-order valence-corrected chi connectivity index (χ0v) is 38.3. The zero-order chi connectivity index (χ0) is 45.8. The van der Waals surface area contributed by atoms with Crippen molar-refractivity contribution in [2.24, 2.45) is 13.0 Å². The van der Waals surface area contributed by atoms with Gasteiger partial charge in [0.2, 0.25) is 23.6 Å². The van der Waals surface area contributed by atoms with Gasteiger partial charge in [-0.05, 0) is 118 Å². The number of rotatable bonds is 11. The number of hydrogen-bond acceptors (Lipinski definition) is 8. The third kappa shape index (κ3) is 10.1. The van der Waals surface area contributed by atoms with Gasteiger partial charge in [0.1, 0.15) is 29.4 Å². The van der Waals surface area contributed by atoms with Gasteiger partial charge in [0.15, 0.2) is 0 Å². The fourth-order valence-corrected chi connectivity index (χ4v) is 9.98. The van der Waals surface area contributed by atoms with E-state index >= 15 is 9.59 Å². The quantitative estimate of drug-likeness (QED) is 0.141. The second-order valence-electron chi connectivity index (χ2n) is 18.1. The number of para-hydroxylation sites is 1. The molecule has 4 amide bonds. The van der Waals surface area contributed by atoms with Gasteiger partial charge in [0.05, 0.1) is 43.0 Å². The number of fused-ring (bicyclic) bond motifs is 3. The minimum Gasteiger partial charge on any atom is -0.457 e. The first-order valence-corrected chi connectivity index (χ1v) is 22.8. The van der Waals surface area contributed by atoms with E-state index in [4.69, 9.17) is 16.3 Å². The number of carbonyl (C=O) groups excluding carboxylic acids is 4. The third-order valence-electron chi connectivity index (χ3n) is 13.3. The van der Waals surface area contributed by atoms with Gasteiger partial charge >= 0.3 is 0 Å². The van der Waals surface area contributed by atoms with Crippen LogP contribution in [0.5, 0.6) is 11.5 Å². The molecule has 1 aromatic heterocycles. The number of nitrogens with one attached hydrogen (secondary N) is 2. The number of carbonyl (C=O) groups is 4. The summed E-state index contributed by atoms with van der Waals surface area (Å²) in [5.74, 6) is -0.685. The Labute approximate surface area is 385 Å². The van der Waals surface area contributed by atoms with Crippen molar-refractivity contribution >= 4 is 35.2 Å². The lowest BCUT2D eigenvalue weighted by molar-refractivity contribution is -0.148. The number of amides is 4. The summed E-state index contributed by atoms with van der Waals surface area (Å²) in [4.78, 5) is 68.8. The Morgan fingerprint density at radius 3 is 2.42 bits per heavy atom. The van der Waals surface area contributed by atoms with Crippen LogP contribution in [0.2, 0.25) is 5.02 Å². The molecular formula is C51H58ClN7O6. The maximum absolute atomic E-state index is 15.2. The molecule has 3 heterocycles. The lowest BCUT2D eigenvalue weighted by Gasteiger charge is -2.46. The van der Waals surface area contributed by atoms with Crippen LogP contribution in [0.15, 0.2) is 103 Å². The number of halogens is 1. The first-order valence-electron chi connectivity index (χ1n) is 22.5. The number of ether oxygens (including phenoxy) is 1. The van der Waals surface area contributed by atoms with E-state index in [2.05, 4.69) is 37.2 Å². The second-order valence-corrected chi connectivity index (χ2v) is 18.6. The van der Waals surface area contributed by atoms with Gasteiger partial charge in [0, 0.05) is 42.7 Å². The lowest BCUT2D eigenvalue weighted by Crippen LogP contribution is -2.65. The summed E-state index contributed by atoms with van der Waals surface area (Å²) in [6, 6.07) is 28.1. The molecular weight excluding hydrogens is 842 g/mol. The summed E-state index contributed by atoms with van der Waals surface area (Å²) < 4.78 is 8.55. The van der Waals surface area contributed by atoms with E-state index in [-0.39, 0.29) is 37.2 Å². The SMILES string of the molecule is C[C@H]1C(=O)NC(CO)C(=O)N[C@@]2(Cc3ccc(Cl)cc3)CCCN(C2)C(=O)[C@H]([C@@H]2CCc3ccccc32)CC(=O)N1Cc1ccccc1Oc1ccc(-c2cnc(CN(C)C)n2C)cc1. The van der Waals surface area contributed by atoms with E-state index in [9.17, 15) is 14.7 Å². The fraction of sp³-hybridized carbons (Fsp3) is 0.392. The molecule has 4 aromatic carbocycles. The maximum Gasteiger partial charge on any atom is 0.245 e. The average molecular weight is 901 g/mol. The van der Waals surface area contributed by atoms with Crippen LogP contribution in [0.25, 0.3) is 11.3 Å². The standard InChI is InChI=1S/C51H58ClN7O6/c1-33-48(62)54-43(31-60)49(63)55-51(27-34-14-19-38(52)20-15-34)24-9-25-58(32-51)50(64)42(41-23-18-35-10-5-7-12-40(35)41)26-47(61)59(33)29-37-11-6-8-13-45(37)65-39-21-16-36(17-22-39)44-28-53-46(57(44)4)30-56(2)3/h5-8,10-17,19-22,28,33,41-43,60H,9,18,23-27,29-32H2,1-4H3,(H,54,62)(H,55,63)/t33-,41+,42-,43?,51+/m0/s1. The van der Waals surface area contributed by atoms with Gasteiger partial charge < -0.3 is 39.7 Å². The van der Waals surface area contributed by atoms with Crippen LogP contribution in [0, 0.1) is 5.92 Å². The topological polar surface area (TPSA) is 149 Å². The lowest BCUT2D eigenvalue weighted by atomic mass is 9.80. The number of aliphatic hydroxyl groups is 1. The molecule has 2 fully saturated rings. The largest absolute Gasteiger partial charge is 0.457 e. The summed E-state index contributed by atoms with van der Waals surface area (Å²) >= 11 is 6.24. The van der Waals surface area contributed by atoms with E-state index in [1.54, 1.807) is 19.1 Å². The summed E-state index contributed by atoms with van der Waals surface area (Å²) in [6.45, 7) is 2.27. The molecule has 0 spiro atoms. The summed E-state index contributed by atoms with van der Waals surface area (Å²) in [5.41, 5.74) is 4.80. The normalized spacial score (nSPS) is 22.9. The highest BCUT2D eigenvalue weighted by molar-refractivity contribution is 6.30. The molecule has 2 aliphatic heterocycles. The Kier molecular flexibility index (Phi) is 13.7. The monoisotopic (exact) mass is 899 g/mol. The smallest absolute Gasteiger partial charge is 0.245 e. The van der Waals surface area contributed by atoms with Crippen LogP contribution >= 0.6 is 11.6 Å². The van der Waals surface area contributed by atoms with Crippen molar-refractivity contribution in [2.45, 2.75) is 82.1 Å². The van der Waals surface area contributed by atoms with Crippen LogP contribution in [0.1, 0.15) is 66.6 Å². The highest BCUT2D eigenvalue weighted by Crippen LogP contribution is 2.42. The van der Waals surface area contributed by atoms with Crippen molar-refractivity contribution in [2.75, 3.05) is 33.8 Å². The highest BCUT2D eigenvalue weighted by atomic mass is 35.5. The molecule has 5 aromatic rings. The first kappa shape index (κ1) is 45.5. The number of piperidine rings is 1. The predicted molar refractivity (Wildman–Crippen MR) is 249 cm³/mol. The van der Waals surface area contributed by atoms with E-state index in [0.29, 0.717) is 60.9 Å². The molecule has 3 aliphatic rings. The number of benzene rings is 4. The van der Waals surface area contributed by atoms with Gasteiger partial charge in [-0.2, -0.15) is 0 Å². The van der Waals surface area contributed by atoms with Crippen molar-refractivity contribution in [3.63, 3.8) is 0 Å². The van der Waals surface area contributed by atoms with Crippen LogP contribution in [0.4, 0.5) is 0 Å². The number of imidazole rings is 1. The fourth-order valence-electron chi connectivity index (χ4n) is 9.85. The molecule has 13 nitrogen and oxygen atoms in total. The van der Waals surface area contributed by atoms with E-state index < -0.39 is 42.0 Å². The van der Waals surface area contributed by atoms with E-state index in [1.807, 2.05) is 105 Å². The number of nitrogens with zero attached hydrogens (tertiary/aromatic N) is 5. The summed E-state index contributed by atoms with van der Waals surface area (Å²) in [5, 5.41) is 17.1. The zero-order valence-electron chi connectivity index (χ0n) is 37.5. The Hall–Kier alpha value is -6.02. The minimum atomic E-state index is -1.31. The molecule has 65 heavy (non-hydrogen) atoms. The van der Waals surface area contributed by atoms with Crippen LogP contribution < -0.4 is 15.4 Å². The van der Waals surface area contributed by atoms with Crippen molar-refractivity contribution < 1.29 is 29.0 Å². The molecule has 0 radical (unpaired) electrons. The molecule has 5 atom stereocenters. The number of aliphatic hydroxyl groups excluding tert-OH is 1. The number of hydrogen-bond donors (Lipinski definition) is 3. The van der Waals surface area contributed by atoms with Crippen molar-refractivity contribution in [3.8, 4) is 22.8 Å². The molecule has 1 aliphatic carbocycles. The van der Waals surface area contributed by atoms with Gasteiger partial charge in [0.25, 0.3) is 0 Å². The first-order chi connectivity index (χ1) is 31.3. The maximum atomic E-state index is 15.2. The van der Waals surface area contributed by atoms with Gasteiger partial charge in [-0.3, -0.25) is 19.2 Å². The third-order valence-corrected chi connectivity index (χ3v) is 13.6. The number of aryl methyl sites for hydroxylation is 1. The van der Waals surface area contributed by atoms with Gasteiger partial charge in [-0.1, -0.05) is 66.2 Å². The van der Waals surface area contributed by atoms with E-state index in [1.165, 1.54) is 4.90 Å².